The number of hydrogen-bond acceptors (Lipinski definition) is 3. The molecule has 3 nitrogen and oxygen atoms in total. The third-order valence-corrected chi connectivity index (χ3v) is 3.62. The lowest BCUT2D eigenvalue weighted by molar-refractivity contribution is 0.140. The Morgan fingerprint density at radius 1 is 1.40 bits per heavy atom. The third kappa shape index (κ3) is 4.52. The van der Waals surface area contributed by atoms with Gasteiger partial charge in [0, 0.05) is 23.6 Å². The Balaban J connectivity index is 2.10. The molecule has 0 saturated carbocycles. The summed E-state index contributed by atoms with van der Waals surface area (Å²) in [5.74, 6) is 1.32. The zero-order valence-corrected chi connectivity index (χ0v) is 13.4. The lowest BCUT2D eigenvalue weighted by atomic mass is 10.1. The molecule has 1 heterocycles. The Morgan fingerprint density at radius 3 is 2.85 bits per heavy atom. The van der Waals surface area contributed by atoms with Crippen LogP contribution in [0.1, 0.15) is 25.8 Å². The number of nitrogens with one attached hydrogen (secondary N) is 1. The summed E-state index contributed by atoms with van der Waals surface area (Å²) in [5, 5.41) is 4.58. The van der Waals surface area contributed by atoms with Crippen molar-refractivity contribution in [2.45, 2.75) is 32.9 Å². The van der Waals surface area contributed by atoms with Gasteiger partial charge in [-0.15, -0.1) is 0 Å². The molecule has 0 bridgehead atoms. The van der Waals surface area contributed by atoms with Crippen molar-refractivity contribution in [3.05, 3.63) is 27.7 Å². The van der Waals surface area contributed by atoms with Crippen molar-refractivity contribution in [2.75, 3.05) is 19.8 Å². The van der Waals surface area contributed by atoms with E-state index in [-0.39, 0.29) is 6.10 Å². The first-order chi connectivity index (χ1) is 9.56. The predicted molar refractivity (Wildman–Crippen MR) is 82.9 cm³/mol. The van der Waals surface area contributed by atoms with Gasteiger partial charge in [-0.3, -0.25) is 0 Å². The molecule has 0 aromatic heterocycles. The second-order valence-corrected chi connectivity index (χ2v) is 6.35. The molecule has 1 unspecified atom stereocenters. The number of hydrogen-bond donors (Lipinski definition) is 1. The molecule has 5 heteroatoms. The molecule has 0 amide bonds. The van der Waals surface area contributed by atoms with Crippen molar-refractivity contribution in [2.24, 2.45) is 5.92 Å². The van der Waals surface area contributed by atoms with Gasteiger partial charge in [0.15, 0.2) is 0 Å². The van der Waals surface area contributed by atoms with E-state index in [0.717, 1.165) is 30.9 Å². The van der Waals surface area contributed by atoms with Crippen molar-refractivity contribution in [3.8, 4) is 5.75 Å². The van der Waals surface area contributed by atoms with Gasteiger partial charge in [-0.1, -0.05) is 37.0 Å². The molecule has 1 saturated heterocycles. The van der Waals surface area contributed by atoms with Gasteiger partial charge in [0.1, 0.15) is 11.9 Å². The van der Waals surface area contributed by atoms with E-state index in [1.165, 1.54) is 0 Å². The molecule has 1 N–H and O–H groups in total. The largest absolute Gasteiger partial charge is 0.486 e. The minimum absolute atomic E-state index is 0.0810. The maximum Gasteiger partial charge on any atom is 0.143 e. The van der Waals surface area contributed by atoms with Gasteiger partial charge in [0.2, 0.25) is 0 Å². The molecule has 1 fully saturated rings. The number of benzene rings is 1. The first-order valence-electron chi connectivity index (χ1n) is 6.99. The maximum absolute atomic E-state index is 6.28. The smallest absolute Gasteiger partial charge is 0.143 e. The Bertz CT molecular complexity index is 446. The number of ether oxygens (including phenoxy) is 2. The Labute approximate surface area is 130 Å². The SMILES string of the molecule is CC(C)CNCc1cc(Cl)cc(Cl)c1OC1CCOC1. The molecule has 2 rings (SSSR count). The topological polar surface area (TPSA) is 30.5 Å². The van der Waals surface area contributed by atoms with Gasteiger partial charge in [-0.2, -0.15) is 0 Å². The Kier molecular flexibility index (Phi) is 5.97. The van der Waals surface area contributed by atoms with Crippen molar-refractivity contribution < 1.29 is 9.47 Å². The van der Waals surface area contributed by atoms with E-state index in [2.05, 4.69) is 19.2 Å². The first-order valence-corrected chi connectivity index (χ1v) is 7.75. The molecule has 20 heavy (non-hydrogen) atoms. The van der Waals surface area contributed by atoms with Crippen LogP contribution in [0.5, 0.6) is 5.75 Å². The molecule has 112 valence electrons. The molecule has 1 aromatic carbocycles. The highest BCUT2D eigenvalue weighted by atomic mass is 35.5. The van der Waals surface area contributed by atoms with Crippen molar-refractivity contribution in [1.82, 2.24) is 5.32 Å². The van der Waals surface area contributed by atoms with Gasteiger partial charge < -0.3 is 14.8 Å². The van der Waals surface area contributed by atoms with Crippen LogP contribution >= 0.6 is 23.2 Å². The van der Waals surface area contributed by atoms with E-state index in [9.17, 15) is 0 Å². The van der Waals surface area contributed by atoms with Gasteiger partial charge in [0.05, 0.1) is 18.2 Å². The molecule has 1 atom stereocenters. The molecular formula is C15H21Cl2NO2. The quantitative estimate of drug-likeness (QED) is 0.863. The van der Waals surface area contributed by atoms with E-state index in [1.807, 2.05) is 6.07 Å². The van der Waals surface area contributed by atoms with Crippen LogP contribution < -0.4 is 10.1 Å². The zero-order chi connectivity index (χ0) is 14.5. The number of halogens is 2. The van der Waals surface area contributed by atoms with Crippen LogP contribution in [0.4, 0.5) is 0 Å². The molecule has 1 aliphatic rings. The van der Waals surface area contributed by atoms with E-state index in [1.54, 1.807) is 6.07 Å². The van der Waals surface area contributed by atoms with Gasteiger partial charge >= 0.3 is 0 Å². The molecule has 0 radical (unpaired) electrons. The van der Waals surface area contributed by atoms with Crippen LogP contribution in [-0.2, 0) is 11.3 Å². The second kappa shape index (κ2) is 7.51. The van der Waals surface area contributed by atoms with Crippen LogP contribution in [-0.4, -0.2) is 25.9 Å². The summed E-state index contributed by atoms with van der Waals surface area (Å²) in [6.07, 6.45) is 0.982. The minimum atomic E-state index is 0.0810. The molecule has 1 aromatic rings. The Hall–Kier alpha value is -0.480. The summed E-state index contributed by atoms with van der Waals surface area (Å²) in [6, 6.07) is 3.63. The fourth-order valence-corrected chi connectivity index (χ4v) is 2.73. The number of rotatable bonds is 6. The highest BCUT2D eigenvalue weighted by Crippen LogP contribution is 2.34. The van der Waals surface area contributed by atoms with Crippen LogP contribution in [0.3, 0.4) is 0 Å². The first kappa shape index (κ1) is 15.9. The average molecular weight is 318 g/mol. The van der Waals surface area contributed by atoms with Gasteiger partial charge in [-0.05, 0) is 24.6 Å². The van der Waals surface area contributed by atoms with Crippen molar-refractivity contribution in [1.29, 1.82) is 0 Å². The summed E-state index contributed by atoms with van der Waals surface area (Å²) in [7, 11) is 0. The lowest BCUT2D eigenvalue weighted by Gasteiger charge is -2.18. The van der Waals surface area contributed by atoms with E-state index in [4.69, 9.17) is 32.7 Å². The standard InChI is InChI=1S/C15H21Cl2NO2/c1-10(2)7-18-8-11-5-12(16)6-14(17)15(11)20-13-3-4-19-9-13/h5-6,10,13,18H,3-4,7-9H2,1-2H3. The van der Waals surface area contributed by atoms with Crippen molar-refractivity contribution in [3.63, 3.8) is 0 Å². The lowest BCUT2D eigenvalue weighted by Crippen LogP contribution is -2.21. The van der Waals surface area contributed by atoms with Gasteiger partial charge in [0.25, 0.3) is 0 Å². The summed E-state index contributed by atoms with van der Waals surface area (Å²) in [4.78, 5) is 0. The maximum atomic E-state index is 6.28. The predicted octanol–water partition coefficient (Wildman–Crippen LogP) is 3.91. The zero-order valence-electron chi connectivity index (χ0n) is 11.9. The van der Waals surface area contributed by atoms with E-state index >= 15 is 0 Å². The molecule has 0 aliphatic carbocycles. The molecule has 0 spiro atoms. The highest BCUT2D eigenvalue weighted by Gasteiger charge is 2.20. The minimum Gasteiger partial charge on any atom is -0.486 e. The van der Waals surface area contributed by atoms with E-state index < -0.39 is 0 Å². The fourth-order valence-electron chi connectivity index (χ4n) is 2.14. The van der Waals surface area contributed by atoms with Crippen molar-refractivity contribution >= 4 is 23.2 Å². The summed E-state index contributed by atoms with van der Waals surface area (Å²) in [5.41, 5.74) is 0.995. The Morgan fingerprint density at radius 2 is 2.20 bits per heavy atom. The second-order valence-electron chi connectivity index (χ2n) is 5.50. The third-order valence-electron chi connectivity index (χ3n) is 3.13. The van der Waals surface area contributed by atoms with E-state index in [0.29, 0.717) is 29.1 Å². The fraction of sp³-hybridized carbons (Fsp3) is 0.600. The van der Waals surface area contributed by atoms with Crippen LogP contribution in [0.15, 0.2) is 12.1 Å². The normalized spacial score (nSPS) is 18.8. The van der Waals surface area contributed by atoms with Crippen LogP contribution in [0.25, 0.3) is 0 Å². The summed E-state index contributed by atoms with van der Waals surface area (Å²) < 4.78 is 11.3. The molecular weight excluding hydrogens is 297 g/mol. The summed E-state index contributed by atoms with van der Waals surface area (Å²) >= 11 is 12.4. The van der Waals surface area contributed by atoms with Crippen LogP contribution in [0.2, 0.25) is 10.0 Å². The summed E-state index contributed by atoms with van der Waals surface area (Å²) in [6.45, 7) is 7.35. The monoisotopic (exact) mass is 317 g/mol. The highest BCUT2D eigenvalue weighted by molar-refractivity contribution is 6.35. The average Bonchev–Trinajstić information content (AvgIpc) is 2.85. The van der Waals surface area contributed by atoms with Crippen LogP contribution in [0, 0.1) is 5.92 Å². The molecule has 1 aliphatic heterocycles. The van der Waals surface area contributed by atoms with Gasteiger partial charge in [-0.25, -0.2) is 0 Å².